The Labute approximate surface area is 194 Å². The average Bonchev–Trinajstić information content (AvgIpc) is 2.81. The summed E-state index contributed by atoms with van der Waals surface area (Å²) >= 11 is 0. The van der Waals surface area contributed by atoms with E-state index in [2.05, 4.69) is 10.2 Å². The number of anilines is 3. The first kappa shape index (κ1) is 23.2. The highest BCUT2D eigenvalue weighted by atomic mass is 19.1. The van der Waals surface area contributed by atoms with E-state index < -0.39 is 0 Å². The maximum Gasteiger partial charge on any atom is 0.243 e. The lowest BCUT2D eigenvalue weighted by Gasteiger charge is -2.32. The normalized spacial score (nSPS) is 15.7. The number of carbonyl (C=O) groups excluding carboxylic acids is 1. The minimum Gasteiger partial charge on any atom is -0.492 e. The molecule has 1 saturated heterocycles. The first-order valence-corrected chi connectivity index (χ1v) is 11.7. The van der Waals surface area contributed by atoms with Crippen LogP contribution in [0.2, 0.25) is 0 Å². The summed E-state index contributed by atoms with van der Waals surface area (Å²) in [6.07, 6.45) is 1.71. The van der Waals surface area contributed by atoms with Crippen molar-refractivity contribution in [2.24, 2.45) is 0 Å². The van der Waals surface area contributed by atoms with Crippen LogP contribution < -0.4 is 24.6 Å². The number of hydrogen-bond acceptors (Lipinski definition) is 6. The summed E-state index contributed by atoms with van der Waals surface area (Å²) < 4.78 is 30.9. The molecule has 4 rings (SSSR count). The summed E-state index contributed by atoms with van der Waals surface area (Å²) in [4.78, 5) is 17.2. The van der Waals surface area contributed by atoms with Gasteiger partial charge in [0.2, 0.25) is 5.91 Å². The highest BCUT2D eigenvalue weighted by molar-refractivity contribution is 5.96. The zero-order chi connectivity index (χ0) is 23.2. The molecule has 8 heteroatoms. The molecule has 0 unspecified atom stereocenters. The van der Waals surface area contributed by atoms with Gasteiger partial charge in [0.25, 0.3) is 0 Å². The maximum atomic E-state index is 13.6. The van der Waals surface area contributed by atoms with Crippen molar-refractivity contribution < 1.29 is 23.4 Å². The van der Waals surface area contributed by atoms with Crippen LogP contribution in [-0.2, 0) is 16.0 Å². The van der Waals surface area contributed by atoms with E-state index in [0.717, 1.165) is 49.4 Å². The van der Waals surface area contributed by atoms with Crippen LogP contribution in [0, 0.1) is 5.82 Å². The third-order valence-electron chi connectivity index (χ3n) is 5.88. The predicted molar refractivity (Wildman–Crippen MR) is 127 cm³/mol. The number of fused-ring (bicyclic) bond motifs is 1. The Bertz CT molecular complexity index is 978. The minimum absolute atomic E-state index is 0.158. The van der Waals surface area contributed by atoms with Gasteiger partial charge in [0, 0.05) is 37.5 Å². The van der Waals surface area contributed by atoms with E-state index in [9.17, 15) is 9.18 Å². The fraction of sp³-hybridized carbons (Fsp3) is 0.480. The van der Waals surface area contributed by atoms with Crippen molar-refractivity contribution in [3.63, 3.8) is 0 Å². The summed E-state index contributed by atoms with van der Waals surface area (Å²) in [5.74, 6) is 0.911. The second-order valence-corrected chi connectivity index (χ2v) is 8.13. The quantitative estimate of drug-likeness (QED) is 0.650. The molecule has 0 aromatic heterocycles. The SMILES string of the molecule is CCOc1cc(N2CCOCC2)c(OCC)cc1NC(=O)CN1CCCc2cc(F)ccc21. The molecule has 33 heavy (non-hydrogen) atoms. The van der Waals surface area contributed by atoms with Crippen LogP contribution in [0.15, 0.2) is 30.3 Å². The summed E-state index contributed by atoms with van der Waals surface area (Å²) in [7, 11) is 0. The van der Waals surface area contributed by atoms with E-state index in [-0.39, 0.29) is 18.3 Å². The average molecular weight is 458 g/mol. The molecule has 0 radical (unpaired) electrons. The molecule has 0 atom stereocenters. The number of hydrogen-bond donors (Lipinski definition) is 1. The molecule has 1 fully saturated rings. The smallest absolute Gasteiger partial charge is 0.243 e. The number of benzene rings is 2. The zero-order valence-corrected chi connectivity index (χ0v) is 19.4. The Morgan fingerprint density at radius 1 is 1.03 bits per heavy atom. The number of rotatable bonds is 8. The van der Waals surface area contributed by atoms with Crippen molar-refractivity contribution in [1.82, 2.24) is 0 Å². The predicted octanol–water partition coefficient (Wildman–Crippen LogP) is 3.85. The largest absolute Gasteiger partial charge is 0.492 e. The van der Waals surface area contributed by atoms with Crippen molar-refractivity contribution in [2.45, 2.75) is 26.7 Å². The van der Waals surface area contributed by atoms with Gasteiger partial charge in [0.1, 0.15) is 17.3 Å². The van der Waals surface area contributed by atoms with Gasteiger partial charge >= 0.3 is 0 Å². The van der Waals surface area contributed by atoms with Crippen LogP contribution in [0.25, 0.3) is 0 Å². The van der Waals surface area contributed by atoms with E-state index in [0.29, 0.717) is 43.6 Å². The second kappa shape index (κ2) is 10.7. The Balaban J connectivity index is 1.55. The van der Waals surface area contributed by atoms with Gasteiger partial charge in [-0.2, -0.15) is 0 Å². The van der Waals surface area contributed by atoms with Crippen LogP contribution in [0.1, 0.15) is 25.8 Å². The summed E-state index contributed by atoms with van der Waals surface area (Å²) in [5, 5.41) is 3.01. The van der Waals surface area contributed by atoms with Crippen LogP contribution in [-0.4, -0.2) is 58.5 Å². The van der Waals surface area contributed by atoms with Gasteiger partial charge in [0.15, 0.2) is 0 Å². The first-order valence-electron chi connectivity index (χ1n) is 11.7. The molecule has 2 heterocycles. The van der Waals surface area contributed by atoms with Gasteiger partial charge in [-0.15, -0.1) is 0 Å². The Kier molecular flexibility index (Phi) is 7.54. The Morgan fingerprint density at radius 3 is 2.55 bits per heavy atom. The Hall–Kier alpha value is -3.00. The maximum absolute atomic E-state index is 13.6. The molecule has 178 valence electrons. The lowest BCUT2D eigenvalue weighted by atomic mass is 10.0. The van der Waals surface area contributed by atoms with Gasteiger partial charge in [-0.3, -0.25) is 4.79 Å². The van der Waals surface area contributed by atoms with Gasteiger partial charge in [0.05, 0.1) is 44.3 Å². The van der Waals surface area contributed by atoms with Crippen molar-refractivity contribution in [3.05, 3.63) is 41.7 Å². The highest BCUT2D eigenvalue weighted by Gasteiger charge is 2.23. The number of halogens is 1. The van der Waals surface area contributed by atoms with Gasteiger partial charge in [-0.25, -0.2) is 4.39 Å². The number of amides is 1. The van der Waals surface area contributed by atoms with Crippen molar-refractivity contribution in [3.8, 4) is 11.5 Å². The summed E-state index contributed by atoms with van der Waals surface area (Å²) in [5.41, 5.74) is 3.38. The Morgan fingerprint density at radius 2 is 1.79 bits per heavy atom. The van der Waals surface area contributed by atoms with E-state index in [1.54, 1.807) is 12.1 Å². The molecule has 2 aliphatic heterocycles. The molecule has 0 bridgehead atoms. The van der Waals surface area contributed by atoms with Crippen molar-refractivity contribution in [1.29, 1.82) is 0 Å². The number of nitrogens with zero attached hydrogens (tertiary/aromatic N) is 2. The zero-order valence-electron chi connectivity index (χ0n) is 19.4. The van der Waals surface area contributed by atoms with Crippen LogP contribution >= 0.6 is 0 Å². The second-order valence-electron chi connectivity index (χ2n) is 8.13. The lowest BCUT2D eigenvalue weighted by molar-refractivity contribution is -0.115. The van der Waals surface area contributed by atoms with Crippen LogP contribution in [0.4, 0.5) is 21.5 Å². The molecule has 2 aliphatic rings. The molecule has 0 spiro atoms. The van der Waals surface area contributed by atoms with Gasteiger partial charge in [-0.1, -0.05) is 0 Å². The number of aryl methyl sites for hydroxylation is 1. The third-order valence-corrected chi connectivity index (χ3v) is 5.88. The molecular formula is C25H32FN3O4. The van der Waals surface area contributed by atoms with E-state index in [1.165, 1.54) is 6.07 Å². The molecule has 0 saturated carbocycles. The number of ether oxygens (including phenoxy) is 3. The fourth-order valence-electron chi connectivity index (χ4n) is 4.42. The van der Waals surface area contributed by atoms with Crippen molar-refractivity contribution >= 4 is 23.0 Å². The molecule has 7 nitrogen and oxygen atoms in total. The fourth-order valence-corrected chi connectivity index (χ4v) is 4.42. The molecule has 2 aromatic rings. The van der Waals surface area contributed by atoms with E-state index >= 15 is 0 Å². The van der Waals surface area contributed by atoms with E-state index in [4.69, 9.17) is 14.2 Å². The summed E-state index contributed by atoms with van der Waals surface area (Å²) in [6, 6.07) is 8.55. The molecule has 1 amide bonds. The molecular weight excluding hydrogens is 425 g/mol. The molecule has 2 aromatic carbocycles. The molecule has 0 aliphatic carbocycles. The number of nitrogens with one attached hydrogen (secondary N) is 1. The topological polar surface area (TPSA) is 63.3 Å². The first-order chi connectivity index (χ1) is 16.1. The minimum atomic E-state index is -0.245. The van der Waals surface area contributed by atoms with Crippen LogP contribution in [0.5, 0.6) is 11.5 Å². The van der Waals surface area contributed by atoms with Crippen LogP contribution in [0.3, 0.4) is 0 Å². The highest BCUT2D eigenvalue weighted by Crippen LogP contribution is 2.39. The summed E-state index contributed by atoms with van der Waals surface area (Å²) in [6.45, 7) is 8.64. The third kappa shape index (κ3) is 5.50. The van der Waals surface area contributed by atoms with Crippen molar-refractivity contribution in [2.75, 3.05) is 67.7 Å². The monoisotopic (exact) mass is 457 g/mol. The van der Waals surface area contributed by atoms with Gasteiger partial charge in [-0.05, 0) is 50.5 Å². The lowest BCUT2D eigenvalue weighted by Crippen LogP contribution is -2.37. The number of morpholine rings is 1. The molecule has 1 N–H and O–H groups in total. The van der Waals surface area contributed by atoms with Gasteiger partial charge < -0.3 is 29.3 Å². The number of carbonyl (C=O) groups is 1. The standard InChI is InChI=1S/C25H32FN3O4/c1-3-32-23-16-22(28-10-12-31-13-11-28)24(33-4-2)15-20(23)27-25(30)17-29-9-5-6-18-14-19(26)7-8-21(18)29/h7-8,14-16H,3-6,9-13,17H2,1-2H3,(H,27,30). The van der Waals surface area contributed by atoms with E-state index in [1.807, 2.05) is 30.9 Å².